The van der Waals surface area contributed by atoms with E-state index in [1.807, 2.05) is 11.0 Å². The highest BCUT2D eigenvalue weighted by molar-refractivity contribution is 5.96. The average molecular weight is 286 g/mol. The second-order valence-electron chi connectivity index (χ2n) is 6.55. The van der Waals surface area contributed by atoms with Crippen molar-refractivity contribution in [3.63, 3.8) is 0 Å². The van der Waals surface area contributed by atoms with Gasteiger partial charge in [-0.3, -0.25) is 4.79 Å². The smallest absolute Gasteiger partial charge is 0.227 e. The number of amides is 1. The Morgan fingerprint density at radius 2 is 1.95 bits per heavy atom. The standard InChI is InChI=1S/C18H26N2O/c19-11-10-15-13-20(17-9-5-4-8-16(15)17)18(21)12-14-6-2-1-3-7-14/h4-5,8-9,14-15H,1-3,6-7,10-13,19H2. The second-order valence-corrected chi connectivity index (χ2v) is 6.55. The van der Waals surface area contributed by atoms with E-state index in [2.05, 4.69) is 18.2 Å². The van der Waals surface area contributed by atoms with Crippen molar-refractivity contribution in [2.45, 2.75) is 50.9 Å². The van der Waals surface area contributed by atoms with Gasteiger partial charge in [0.25, 0.3) is 0 Å². The summed E-state index contributed by atoms with van der Waals surface area (Å²) in [6.45, 7) is 1.51. The van der Waals surface area contributed by atoms with Crippen molar-refractivity contribution < 1.29 is 4.79 Å². The van der Waals surface area contributed by atoms with E-state index in [1.165, 1.54) is 37.7 Å². The van der Waals surface area contributed by atoms with Crippen LogP contribution >= 0.6 is 0 Å². The van der Waals surface area contributed by atoms with E-state index in [1.54, 1.807) is 0 Å². The van der Waals surface area contributed by atoms with Crippen LogP contribution in [0.1, 0.15) is 56.4 Å². The van der Waals surface area contributed by atoms with E-state index in [9.17, 15) is 4.79 Å². The van der Waals surface area contributed by atoms with E-state index in [-0.39, 0.29) is 0 Å². The Hall–Kier alpha value is -1.35. The molecule has 3 heteroatoms. The molecule has 1 aromatic carbocycles. The van der Waals surface area contributed by atoms with Crippen LogP contribution in [0.3, 0.4) is 0 Å². The molecule has 1 atom stereocenters. The molecule has 1 fully saturated rings. The highest BCUT2D eigenvalue weighted by atomic mass is 16.2. The largest absolute Gasteiger partial charge is 0.330 e. The van der Waals surface area contributed by atoms with Gasteiger partial charge in [-0.15, -0.1) is 0 Å². The summed E-state index contributed by atoms with van der Waals surface area (Å²) in [7, 11) is 0. The molecule has 1 aromatic rings. The van der Waals surface area contributed by atoms with Gasteiger partial charge in [0.05, 0.1) is 0 Å². The zero-order chi connectivity index (χ0) is 14.7. The molecule has 1 unspecified atom stereocenters. The number of nitrogens with zero attached hydrogens (tertiary/aromatic N) is 1. The SMILES string of the molecule is NCCC1CN(C(=O)CC2CCCCC2)c2ccccc21. The van der Waals surface area contributed by atoms with Gasteiger partial charge in [0.1, 0.15) is 0 Å². The van der Waals surface area contributed by atoms with Crippen LogP contribution in [0.2, 0.25) is 0 Å². The summed E-state index contributed by atoms with van der Waals surface area (Å²) in [4.78, 5) is 14.7. The number of hydrogen-bond acceptors (Lipinski definition) is 2. The predicted molar refractivity (Wildman–Crippen MR) is 86.4 cm³/mol. The van der Waals surface area contributed by atoms with Crippen LogP contribution < -0.4 is 10.6 Å². The number of anilines is 1. The molecule has 2 N–H and O–H groups in total. The van der Waals surface area contributed by atoms with Gasteiger partial charge in [0.2, 0.25) is 5.91 Å². The van der Waals surface area contributed by atoms with Crippen LogP contribution in [-0.4, -0.2) is 19.0 Å². The zero-order valence-corrected chi connectivity index (χ0v) is 12.8. The summed E-state index contributed by atoms with van der Waals surface area (Å²) in [5.74, 6) is 1.34. The lowest BCUT2D eigenvalue weighted by molar-refractivity contribution is -0.119. The van der Waals surface area contributed by atoms with Crippen LogP contribution in [0.15, 0.2) is 24.3 Å². The summed E-state index contributed by atoms with van der Waals surface area (Å²) < 4.78 is 0. The fourth-order valence-corrected chi connectivity index (χ4v) is 3.93. The first-order chi connectivity index (χ1) is 10.3. The van der Waals surface area contributed by atoms with Crippen molar-refractivity contribution in [1.29, 1.82) is 0 Å². The fraction of sp³-hybridized carbons (Fsp3) is 0.611. The Kier molecular flexibility index (Phi) is 4.59. The third-order valence-electron chi connectivity index (χ3n) is 5.07. The summed E-state index contributed by atoms with van der Waals surface area (Å²) >= 11 is 0. The molecular weight excluding hydrogens is 260 g/mol. The van der Waals surface area contributed by atoms with Crippen molar-refractivity contribution in [2.24, 2.45) is 11.7 Å². The highest BCUT2D eigenvalue weighted by Gasteiger charge is 2.32. The molecule has 1 aliphatic heterocycles. The Morgan fingerprint density at radius 1 is 1.19 bits per heavy atom. The number of nitrogens with two attached hydrogens (primary N) is 1. The number of fused-ring (bicyclic) bond motifs is 1. The van der Waals surface area contributed by atoms with Crippen LogP contribution in [0, 0.1) is 5.92 Å². The van der Waals surface area contributed by atoms with Crippen LogP contribution in [0.4, 0.5) is 5.69 Å². The first-order valence-electron chi connectivity index (χ1n) is 8.39. The molecule has 1 aliphatic carbocycles. The van der Waals surface area contributed by atoms with Gasteiger partial charge >= 0.3 is 0 Å². The maximum atomic E-state index is 12.7. The van der Waals surface area contributed by atoms with Gasteiger partial charge < -0.3 is 10.6 Å². The maximum Gasteiger partial charge on any atom is 0.227 e. The number of para-hydroxylation sites is 1. The molecule has 3 nitrogen and oxygen atoms in total. The number of carbonyl (C=O) groups is 1. The Bertz CT molecular complexity index is 494. The van der Waals surface area contributed by atoms with E-state index in [4.69, 9.17) is 5.73 Å². The molecule has 0 spiro atoms. The number of carbonyl (C=O) groups excluding carboxylic acids is 1. The molecule has 3 rings (SSSR count). The summed E-state index contributed by atoms with van der Waals surface area (Å²) in [6.07, 6.45) is 8.08. The molecular formula is C18H26N2O. The first kappa shape index (κ1) is 14.6. The molecule has 0 bridgehead atoms. The van der Waals surface area contributed by atoms with Gasteiger partial charge in [-0.2, -0.15) is 0 Å². The van der Waals surface area contributed by atoms with Crippen molar-refractivity contribution in [2.75, 3.05) is 18.0 Å². The minimum atomic E-state index is 0.314. The Labute approximate surface area is 127 Å². The number of rotatable bonds is 4. The van der Waals surface area contributed by atoms with Crippen molar-refractivity contribution in [3.05, 3.63) is 29.8 Å². The molecule has 2 aliphatic rings. The molecule has 0 aromatic heterocycles. The van der Waals surface area contributed by atoms with E-state index >= 15 is 0 Å². The van der Waals surface area contributed by atoms with Gasteiger partial charge in [-0.05, 0) is 43.4 Å². The lowest BCUT2D eigenvalue weighted by Crippen LogP contribution is -2.32. The molecule has 114 valence electrons. The first-order valence-corrected chi connectivity index (χ1v) is 8.39. The quantitative estimate of drug-likeness (QED) is 0.921. The minimum Gasteiger partial charge on any atom is -0.330 e. The van der Waals surface area contributed by atoms with Gasteiger partial charge in [-0.1, -0.05) is 37.5 Å². The normalized spacial score (nSPS) is 22.3. The highest BCUT2D eigenvalue weighted by Crippen LogP contribution is 2.39. The molecule has 0 saturated heterocycles. The summed E-state index contributed by atoms with van der Waals surface area (Å²) in [5.41, 5.74) is 8.16. The van der Waals surface area contributed by atoms with E-state index < -0.39 is 0 Å². The maximum absolute atomic E-state index is 12.7. The Morgan fingerprint density at radius 3 is 2.71 bits per heavy atom. The van der Waals surface area contributed by atoms with Gasteiger partial charge in [0, 0.05) is 24.6 Å². The molecule has 1 saturated carbocycles. The van der Waals surface area contributed by atoms with E-state index in [0.29, 0.717) is 24.3 Å². The van der Waals surface area contributed by atoms with Gasteiger partial charge in [0.15, 0.2) is 0 Å². The number of benzene rings is 1. The molecule has 1 heterocycles. The third-order valence-corrected chi connectivity index (χ3v) is 5.07. The summed E-state index contributed by atoms with van der Waals surface area (Å²) in [5, 5.41) is 0. The van der Waals surface area contributed by atoms with Gasteiger partial charge in [-0.25, -0.2) is 0 Å². The zero-order valence-electron chi connectivity index (χ0n) is 12.8. The molecule has 1 amide bonds. The lowest BCUT2D eigenvalue weighted by Gasteiger charge is -2.24. The third kappa shape index (κ3) is 3.13. The molecule has 0 radical (unpaired) electrons. The minimum absolute atomic E-state index is 0.314. The topological polar surface area (TPSA) is 46.3 Å². The fourth-order valence-electron chi connectivity index (χ4n) is 3.93. The van der Waals surface area contributed by atoms with Crippen molar-refractivity contribution in [1.82, 2.24) is 0 Å². The average Bonchev–Trinajstić information content (AvgIpc) is 2.88. The monoisotopic (exact) mass is 286 g/mol. The molecule has 21 heavy (non-hydrogen) atoms. The lowest BCUT2D eigenvalue weighted by atomic mass is 9.86. The number of hydrogen-bond donors (Lipinski definition) is 1. The van der Waals surface area contributed by atoms with Crippen molar-refractivity contribution in [3.8, 4) is 0 Å². The Balaban J connectivity index is 1.71. The summed E-state index contributed by atoms with van der Waals surface area (Å²) in [6, 6.07) is 8.34. The van der Waals surface area contributed by atoms with Crippen molar-refractivity contribution >= 4 is 11.6 Å². The predicted octanol–water partition coefficient (Wildman–Crippen LogP) is 3.44. The van der Waals surface area contributed by atoms with Crippen LogP contribution in [-0.2, 0) is 4.79 Å². The second kappa shape index (κ2) is 6.61. The van der Waals surface area contributed by atoms with Crippen LogP contribution in [0.5, 0.6) is 0 Å². The van der Waals surface area contributed by atoms with E-state index in [0.717, 1.165) is 25.1 Å². The van der Waals surface area contributed by atoms with Crippen LogP contribution in [0.25, 0.3) is 0 Å².